The predicted molar refractivity (Wildman–Crippen MR) is 115 cm³/mol. The number of benzene rings is 2. The lowest BCUT2D eigenvalue weighted by molar-refractivity contribution is -0.117. The number of amides is 1. The van der Waals surface area contributed by atoms with Crippen LogP contribution in [0.1, 0.15) is 6.42 Å². The Hall–Kier alpha value is -1.94. The second kappa shape index (κ2) is 9.71. The highest BCUT2D eigenvalue weighted by molar-refractivity contribution is 7.98. The van der Waals surface area contributed by atoms with Gasteiger partial charge in [-0.1, -0.05) is 11.6 Å². The van der Waals surface area contributed by atoms with Crippen LogP contribution in [0.25, 0.3) is 0 Å². The number of halogens is 1. The number of thioether (sulfide) groups is 1. The average Bonchev–Trinajstić information content (AvgIpc) is 2.71. The maximum Gasteiger partial charge on any atom is 0.242 e. The van der Waals surface area contributed by atoms with E-state index in [0.717, 1.165) is 0 Å². The van der Waals surface area contributed by atoms with Crippen molar-refractivity contribution in [2.75, 3.05) is 30.5 Å². The Morgan fingerprint density at radius 2 is 1.83 bits per heavy atom. The van der Waals surface area contributed by atoms with Gasteiger partial charge in [-0.25, -0.2) is 8.42 Å². The van der Waals surface area contributed by atoms with E-state index in [9.17, 15) is 13.2 Å². The smallest absolute Gasteiger partial charge is 0.242 e. The minimum atomic E-state index is -3.88. The van der Waals surface area contributed by atoms with Crippen molar-refractivity contribution in [3.8, 4) is 11.5 Å². The van der Waals surface area contributed by atoms with Gasteiger partial charge in [-0.2, -0.15) is 16.5 Å². The fourth-order valence-electron chi connectivity index (χ4n) is 2.70. The molecule has 1 aliphatic rings. The highest BCUT2D eigenvalue weighted by Gasteiger charge is 2.26. The number of rotatable bonds is 8. The van der Waals surface area contributed by atoms with Gasteiger partial charge in [0, 0.05) is 16.8 Å². The van der Waals surface area contributed by atoms with Gasteiger partial charge in [0.05, 0.1) is 4.90 Å². The largest absolute Gasteiger partial charge is 0.486 e. The van der Waals surface area contributed by atoms with Crippen LogP contribution >= 0.6 is 23.4 Å². The second-order valence-electron chi connectivity index (χ2n) is 6.26. The van der Waals surface area contributed by atoms with Crippen LogP contribution in [0.15, 0.2) is 47.4 Å². The number of carbonyl (C=O) groups is 1. The number of carbonyl (C=O) groups excluding carboxylic acids is 1. The van der Waals surface area contributed by atoms with E-state index in [-0.39, 0.29) is 4.90 Å². The van der Waals surface area contributed by atoms with E-state index in [1.165, 1.54) is 36.0 Å². The Morgan fingerprint density at radius 3 is 2.52 bits per heavy atom. The summed E-state index contributed by atoms with van der Waals surface area (Å²) < 4.78 is 38.9. The van der Waals surface area contributed by atoms with Crippen LogP contribution in [0.3, 0.4) is 0 Å². The predicted octanol–water partition coefficient (Wildman–Crippen LogP) is 3.15. The molecule has 3 rings (SSSR count). The molecule has 0 radical (unpaired) electrons. The third-order valence-electron chi connectivity index (χ3n) is 4.16. The number of fused-ring (bicyclic) bond motifs is 1. The molecule has 0 aromatic heterocycles. The minimum absolute atomic E-state index is 0.0446. The molecule has 0 spiro atoms. The summed E-state index contributed by atoms with van der Waals surface area (Å²) >= 11 is 7.35. The molecule has 0 bridgehead atoms. The molecule has 0 fully saturated rings. The zero-order valence-corrected chi connectivity index (χ0v) is 18.1. The Labute approximate surface area is 179 Å². The summed E-state index contributed by atoms with van der Waals surface area (Å²) in [5, 5.41) is 3.18. The topological polar surface area (TPSA) is 93.7 Å². The molecule has 0 saturated carbocycles. The minimum Gasteiger partial charge on any atom is -0.486 e. The average molecular weight is 457 g/mol. The molecule has 1 heterocycles. The first kappa shape index (κ1) is 21.8. The summed E-state index contributed by atoms with van der Waals surface area (Å²) in [4.78, 5) is 12.9. The normalized spacial score (nSPS) is 14.3. The molecular formula is C19H21ClN2O5S2. The van der Waals surface area contributed by atoms with Crippen molar-refractivity contribution in [1.82, 2.24) is 4.72 Å². The maximum atomic E-state index is 12.8. The van der Waals surface area contributed by atoms with Crippen molar-refractivity contribution in [2.24, 2.45) is 0 Å². The molecule has 156 valence electrons. The molecule has 2 N–H and O–H groups in total. The molecule has 0 aliphatic carbocycles. The molecule has 10 heteroatoms. The van der Waals surface area contributed by atoms with Gasteiger partial charge in [0.15, 0.2) is 11.5 Å². The van der Waals surface area contributed by atoms with Gasteiger partial charge < -0.3 is 14.8 Å². The fraction of sp³-hybridized carbons (Fsp3) is 0.316. The number of anilines is 1. The highest BCUT2D eigenvalue weighted by atomic mass is 35.5. The number of hydrogen-bond donors (Lipinski definition) is 2. The first-order valence-corrected chi connectivity index (χ1v) is 12.1. The summed E-state index contributed by atoms with van der Waals surface area (Å²) in [5.74, 6) is 1.31. The van der Waals surface area contributed by atoms with E-state index in [4.69, 9.17) is 21.1 Å². The SMILES string of the molecule is CSCC[C@@H](NS(=O)(=O)c1ccc(Cl)cc1)C(=O)Nc1ccc2c(c1)OCCO2. The van der Waals surface area contributed by atoms with Gasteiger partial charge in [-0.3, -0.25) is 4.79 Å². The number of sulfonamides is 1. The molecule has 0 saturated heterocycles. The molecule has 2 aromatic carbocycles. The summed E-state index contributed by atoms with van der Waals surface area (Å²) in [5.41, 5.74) is 0.499. The second-order valence-corrected chi connectivity index (χ2v) is 9.39. The summed E-state index contributed by atoms with van der Waals surface area (Å²) in [7, 11) is -3.88. The zero-order chi connectivity index (χ0) is 20.9. The monoisotopic (exact) mass is 456 g/mol. The lowest BCUT2D eigenvalue weighted by Crippen LogP contribution is -2.44. The maximum absolute atomic E-state index is 12.8. The molecule has 1 atom stereocenters. The van der Waals surface area contributed by atoms with Gasteiger partial charge in [-0.15, -0.1) is 0 Å². The summed E-state index contributed by atoms with van der Waals surface area (Å²) in [6, 6.07) is 9.89. The third-order valence-corrected chi connectivity index (χ3v) is 6.54. The van der Waals surface area contributed by atoms with Crippen molar-refractivity contribution in [3.63, 3.8) is 0 Å². The molecule has 1 aliphatic heterocycles. The quantitative estimate of drug-likeness (QED) is 0.633. The van der Waals surface area contributed by atoms with Crippen LogP contribution in [-0.2, 0) is 14.8 Å². The molecular weight excluding hydrogens is 436 g/mol. The molecule has 1 amide bonds. The van der Waals surface area contributed by atoms with Gasteiger partial charge in [0.2, 0.25) is 15.9 Å². The standard InChI is InChI=1S/C19H21ClN2O5S2/c1-28-11-8-16(22-29(24,25)15-5-2-13(20)3-6-15)19(23)21-14-4-7-17-18(12-14)27-10-9-26-17/h2-7,12,16,22H,8-11H2,1H3,(H,21,23)/t16-/m1/s1. The van der Waals surface area contributed by atoms with Crippen molar-refractivity contribution in [3.05, 3.63) is 47.5 Å². The first-order valence-electron chi connectivity index (χ1n) is 8.86. The number of hydrogen-bond acceptors (Lipinski definition) is 6. The Bertz CT molecular complexity index is 967. The third kappa shape index (κ3) is 5.79. The molecule has 7 nitrogen and oxygen atoms in total. The molecule has 0 unspecified atom stereocenters. The van der Waals surface area contributed by atoms with Crippen molar-refractivity contribution in [1.29, 1.82) is 0 Å². The van der Waals surface area contributed by atoms with Crippen LogP contribution in [0.4, 0.5) is 5.69 Å². The Morgan fingerprint density at radius 1 is 1.14 bits per heavy atom. The fourth-order valence-corrected chi connectivity index (χ4v) is 4.53. The van der Waals surface area contributed by atoms with Crippen molar-refractivity contribution in [2.45, 2.75) is 17.4 Å². The van der Waals surface area contributed by atoms with Crippen LogP contribution in [-0.4, -0.2) is 45.6 Å². The Kier molecular flexibility index (Phi) is 7.28. The van der Waals surface area contributed by atoms with E-state index in [1.807, 2.05) is 6.26 Å². The highest BCUT2D eigenvalue weighted by Crippen LogP contribution is 2.32. The first-order chi connectivity index (χ1) is 13.9. The molecule has 2 aromatic rings. The van der Waals surface area contributed by atoms with Crippen LogP contribution in [0.5, 0.6) is 11.5 Å². The van der Waals surface area contributed by atoms with Gasteiger partial charge >= 0.3 is 0 Å². The van der Waals surface area contributed by atoms with E-state index >= 15 is 0 Å². The van der Waals surface area contributed by atoms with Gasteiger partial charge in [0.1, 0.15) is 19.3 Å². The lowest BCUT2D eigenvalue weighted by atomic mass is 10.2. The van der Waals surface area contributed by atoms with Crippen LogP contribution in [0, 0.1) is 0 Å². The zero-order valence-electron chi connectivity index (χ0n) is 15.7. The van der Waals surface area contributed by atoms with Crippen molar-refractivity contribution >= 4 is 45.0 Å². The lowest BCUT2D eigenvalue weighted by Gasteiger charge is -2.21. The van der Waals surface area contributed by atoms with Gasteiger partial charge in [0.25, 0.3) is 0 Å². The number of nitrogens with one attached hydrogen (secondary N) is 2. The van der Waals surface area contributed by atoms with E-state index < -0.39 is 22.0 Å². The van der Waals surface area contributed by atoms with E-state index in [0.29, 0.717) is 47.6 Å². The van der Waals surface area contributed by atoms with Gasteiger partial charge in [-0.05, 0) is 54.8 Å². The van der Waals surface area contributed by atoms with E-state index in [2.05, 4.69) is 10.0 Å². The number of ether oxygens (including phenoxy) is 2. The summed E-state index contributed by atoms with van der Waals surface area (Å²) in [6.45, 7) is 0.906. The Balaban J connectivity index is 1.75. The summed E-state index contributed by atoms with van der Waals surface area (Å²) in [6.07, 6.45) is 2.23. The van der Waals surface area contributed by atoms with Crippen molar-refractivity contribution < 1.29 is 22.7 Å². The van der Waals surface area contributed by atoms with Crippen LogP contribution < -0.4 is 19.5 Å². The van der Waals surface area contributed by atoms with Crippen LogP contribution in [0.2, 0.25) is 5.02 Å². The molecule has 29 heavy (non-hydrogen) atoms. The van der Waals surface area contributed by atoms with E-state index in [1.54, 1.807) is 18.2 Å².